The third-order valence-electron chi connectivity index (χ3n) is 2.30. The van der Waals surface area contributed by atoms with E-state index in [0.29, 0.717) is 16.5 Å². The van der Waals surface area contributed by atoms with Crippen molar-refractivity contribution in [3.8, 4) is 0 Å². The molecule has 1 heterocycles. The van der Waals surface area contributed by atoms with Crippen LogP contribution in [0.5, 0.6) is 0 Å². The highest BCUT2D eigenvalue weighted by Crippen LogP contribution is 2.20. The number of para-hydroxylation sites is 1. The number of carbonyl (C=O) groups excluding carboxylic acids is 1. The van der Waals surface area contributed by atoms with Crippen LogP contribution in [0.4, 0.5) is 5.69 Å². The summed E-state index contributed by atoms with van der Waals surface area (Å²) in [4.78, 5) is 11.6. The number of halogens is 1. The summed E-state index contributed by atoms with van der Waals surface area (Å²) < 4.78 is 5.07. The van der Waals surface area contributed by atoms with E-state index in [4.69, 9.17) is 28.2 Å². The van der Waals surface area contributed by atoms with E-state index in [0.717, 1.165) is 0 Å². The van der Waals surface area contributed by atoms with Gasteiger partial charge in [-0.1, -0.05) is 23.7 Å². The molecule has 0 spiro atoms. The van der Waals surface area contributed by atoms with Gasteiger partial charge in [-0.3, -0.25) is 10.1 Å². The van der Waals surface area contributed by atoms with E-state index in [9.17, 15) is 4.79 Å². The van der Waals surface area contributed by atoms with Gasteiger partial charge in [-0.05, 0) is 42.6 Å². The number of hydrogen-bond acceptors (Lipinski definition) is 3. The van der Waals surface area contributed by atoms with Crippen LogP contribution in [0.1, 0.15) is 5.76 Å². The summed E-state index contributed by atoms with van der Waals surface area (Å²) in [5.41, 5.74) is 0.634. The average molecular weight is 307 g/mol. The molecule has 20 heavy (non-hydrogen) atoms. The molecule has 0 saturated carbocycles. The highest BCUT2D eigenvalue weighted by molar-refractivity contribution is 7.80. The molecule has 0 aliphatic rings. The number of thiocarbonyl (C=S) groups is 1. The Morgan fingerprint density at radius 1 is 1.25 bits per heavy atom. The first kappa shape index (κ1) is 14.3. The van der Waals surface area contributed by atoms with Crippen LogP contribution in [-0.2, 0) is 4.79 Å². The molecule has 0 aliphatic carbocycles. The summed E-state index contributed by atoms with van der Waals surface area (Å²) in [6.07, 6.45) is 4.41. The van der Waals surface area contributed by atoms with E-state index in [2.05, 4.69) is 10.6 Å². The second-order valence-corrected chi connectivity index (χ2v) is 4.59. The van der Waals surface area contributed by atoms with Crippen molar-refractivity contribution in [1.82, 2.24) is 5.32 Å². The molecule has 0 atom stereocenters. The minimum absolute atomic E-state index is 0.173. The van der Waals surface area contributed by atoms with E-state index in [1.165, 1.54) is 12.3 Å². The summed E-state index contributed by atoms with van der Waals surface area (Å²) >= 11 is 11.0. The van der Waals surface area contributed by atoms with Crippen molar-refractivity contribution in [2.45, 2.75) is 0 Å². The highest BCUT2D eigenvalue weighted by Gasteiger charge is 2.04. The largest absolute Gasteiger partial charge is 0.465 e. The van der Waals surface area contributed by atoms with Crippen LogP contribution in [0, 0.1) is 0 Å². The molecule has 0 radical (unpaired) electrons. The molecule has 0 aliphatic heterocycles. The van der Waals surface area contributed by atoms with Gasteiger partial charge in [-0.25, -0.2) is 0 Å². The first-order valence-electron chi connectivity index (χ1n) is 5.73. The summed E-state index contributed by atoms with van der Waals surface area (Å²) in [5, 5.41) is 6.05. The molecule has 1 amide bonds. The van der Waals surface area contributed by atoms with Gasteiger partial charge in [0.05, 0.1) is 17.0 Å². The summed E-state index contributed by atoms with van der Waals surface area (Å²) in [5.74, 6) is 0.232. The lowest BCUT2D eigenvalue weighted by molar-refractivity contribution is -0.115. The molecule has 1 aromatic heterocycles. The number of amides is 1. The van der Waals surface area contributed by atoms with E-state index < -0.39 is 0 Å². The van der Waals surface area contributed by atoms with Crippen LogP contribution in [0.3, 0.4) is 0 Å². The van der Waals surface area contributed by atoms with Crippen molar-refractivity contribution in [1.29, 1.82) is 0 Å². The fourth-order valence-corrected chi connectivity index (χ4v) is 1.81. The highest BCUT2D eigenvalue weighted by atomic mass is 35.5. The lowest BCUT2D eigenvalue weighted by atomic mass is 10.3. The maximum absolute atomic E-state index is 11.6. The number of nitrogens with one attached hydrogen (secondary N) is 2. The van der Waals surface area contributed by atoms with Crippen molar-refractivity contribution >= 4 is 46.6 Å². The predicted octanol–water partition coefficient (Wildman–Crippen LogP) is 3.46. The second kappa shape index (κ2) is 6.88. The van der Waals surface area contributed by atoms with Gasteiger partial charge in [0.2, 0.25) is 5.91 Å². The minimum atomic E-state index is -0.356. The Morgan fingerprint density at radius 2 is 2.05 bits per heavy atom. The summed E-state index contributed by atoms with van der Waals surface area (Å²) in [7, 11) is 0. The fourth-order valence-electron chi connectivity index (χ4n) is 1.41. The fraction of sp³-hybridized carbons (Fsp3) is 0. The van der Waals surface area contributed by atoms with Gasteiger partial charge in [-0.2, -0.15) is 0 Å². The summed E-state index contributed by atoms with van der Waals surface area (Å²) in [6, 6.07) is 10.6. The Morgan fingerprint density at radius 3 is 2.75 bits per heavy atom. The normalized spacial score (nSPS) is 10.4. The maximum Gasteiger partial charge on any atom is 0.250 e. The topological polar surface area (TPSA) is 54.3 Å². The Labute approximate surface area is 126 Å². The third kappa shape index (κ3) is 4.22. The van der Waals surface area contributed by atoms with Gasteiger partial charge in [0.25, 0.3) is 0 Å². The monoisotopic (exact) mass is 306 g/mol. The van der Waals surface area contributed by atoms with Gasteiger partial charge in [-0.15, -0.1) is 0 Å². The van der Waals surface area contributed by atoms with E-state index in [1.807, 2.05) is 6.07 Å². The standard InChI is InChI=1S/C14H11ClN2O2S/c15-11-5-1-2-6-12(11)16-14(20)17-13(18)8-7-10-4-3-9-19-10/h1-9H,(H2,16,17,18,20)/b8-7+. The SMILES string of the molecule is O=C(/C=C/c1ccco1)NC(=S)Nc1ccccc1Cl. The molecular weight excluding hydrogens is 296 g/mol. The van der Waals surface area contributed by atoms with Crippen LogP contribution < -0.4 is 10.6 Å². The Balaban J connectivity index is 1.88. The zero-order valence-electron chi connectivity index (χ0n) is 10.3. The maximum atomic E-state index is 11.6. The average Bonchev–Trinajstić information content (AvgIpc) is 2.92. The zero-order chi connectivity index (χ0) is 14.4. The molecule has 0 unspecified atom stereocenters. The minimum Gasteiger partial charge on any atom is -0.465 e. The van der Waals surface area contributed by atoms with Crippen LogP contribution >= 0.6 is 23.8 Å². The lowest BCUT2D eigenvalue weighted by Crippen LogP contribution is -2.32. The molecule has 4 nitrogen and oxygen atoms in total. The molecule has 0 fully saturated rings. The van der Waals surface area contributed by atoms with Crippen molar-refractivity contribution in [2.75, 3.05) is 5.32 Å². The van der Waals surface area contributed by atoms with E-state index in [1.54, 1.807) is 36.4 Å². The Hall–Kier alpha value is -2.11. The van der Waals surface area contributed by atoms with Crippen LogP contribution in [0.25, 0.3) is 6.08 Å². The first-order valence-corrected chi connectivity index (χ1v) is 6.52. The van der Waals surface area contributed by atoms with E-state index >= 15 is 0 Å². The number of rotatable bonds is 3. The van der Waals surface area contributed by atoms with Gasteiger partial charge < -0.3 is 9.73 Å². The van der Waals surface area contributed by atoms with Crippen LogP contribution in [0.15, 0.2) is 53.2 Å². The van der Waals surface area contributed by atoms with Gasteiger partial charge in [0.1, 0.15) is 5.76 Å². The molecule has 2 N–H and O–H groups in total. The van der Waals surface area contributed by atoms with Gasteiger partial charge in [0, 0.05) is 6.08 Å². The summed E-state index contributed by atoms with van der Waals surface area (Å²) in [6.45, 7) is 0. The van der Waals surface area contributed by atoms with Crippen molar-refractivity contribution in [3.63, 3.8) is 0 Å². The van der Waals surface area contributed by atoms with Gasteiger partial charge in [0.15, 0.2) is 5.11 Å². The first-order chi connectivity index (χ1) is 9.65. The lowest BCUT2D eigenvalue weighted by Gasteiger charge is -2.09. The Bertz CT molecular complexity index is 638. The van der Waals surface area contributed by atoms with Gasteiger partial charge >= 0.3 is 0 Å². The smallest absolute Gasteiger partial charge is 0.250 e. The Kier molecular flexibility index (Phi) is 4.92. The molecule has 6 heteroatoms. The van der Waals surface area contributed by atoms with Crippen molar-refractivity contribution in [2.24, 2.45) is 0 Å². The quantitative estimate of drug-likeness (QED) is 0.673. The second-order valence-electron chi connectivity index (χ2n) is 3.77. The third-order valence-corrected chi connectivity index (χ3v) is 2.83. The number of hydrogen-bond donors (Lipinski definition) is 2. The number of benzene rings is 1. The molecule has 2 rings (SSSR count). The molecule has 2 aromatic rings. The zero-order valence-corrected chi connectivity index (χ0v) is 11.9. The van der Waals surface area contributed by atoms with Crippen LogP contribution in [0.2, 0.25) is 5.02 Å². The predicted molar refractivity (Wildman–Crippen MR) is 83.6 cm³/mol. The van der Waals surface area contributed by atoms with Crippen LogP contribution in [-0.4, -0.2) is 11.0 Å². The molecule has 0 saturated heterocycles. The molecule has 102 valence electrons. The molecule has 0 bridgehead atoms. The number of anilines is 1. The van der Waals surface area contributed by atoms with Crippen molar-refractivity contribution in [3.05, 3.63) is 59.5 Å². The van der Waals surface area contributed by atoms with Crippen molar-refractivity contribution < 1.29 is 9.21 Å². The number of carbonyl (C=O) groups is 1. The molecular formula is C14H11ClN2O2S. The van der Waals surface area contributed by atoms with E-state index in [-0.39, 0.29) is 11.0 Å². The number of furan rings is 1. The molecule has 1 aromatic carbocycles.